The molecule has 0 amide bonds. The van der Waals surface area contributed by atoms with Gasteiger partial charge in [-0.25, -0.2) is 29.9 Å². The lowest BCUT2D eigenvalue weighted by atomic mass is 10.1. The zero-order chi connectivity index (χ0) is 27.8. The van der Waals surface area contributed by atoms with Crippen molar-refractivity contribution < 1.29 is 24.4 Å². The first-order valence-electron chi connectivity index (χ1n) is 13.2. The van der Waals surface area contributed by atoms with Crippen LogP contribution in [0.15, 0.2) is 25.3 Å². The molecule has 0 bridgehead atoms. The lowest BCUT2D eigenvalue weighted by molar-refractivity contribution is -0.0340. The predicted octanol–water partition coefficient (Wildman–Crippen LogP) is -0.418. The number of nitrogens with one attached hydrogen (secondary N) is 2. The highest BCUT2D eigenvalue weighted by atomic mass is 16.6. The van der Waals surface area contributed by atoms with E-state index in [2.05, 4.69) is 47.5 Å². The van der Waals surface area contributed by atoms with Crippen LogP contribution in [0.2, 0.25) is 0 Å². The van der Waals surface area contributed by atoms with Crippen LogP contribution < -0.4 is 16.4 Å². The lowest BCUT2D eigenvalue weighted by Crippen LogP contribution is -2.39. The summed E-state index contributed by atoms with van der Waals surface area (Å²) < 4.78 is 21.2. The van der Waals surface area contributed by atoms with Crippen LogP contribution in [-0.4, -0.2) is 107 Å². The number of ether oxygens (including phenoxy) is 3. The summed E-state index contributed by atoms with van der Waals surface area (Å²) in [6.45, 7) is 3.46. The van der Waals surface area contributed by atoms with Crippen LogP contribution in [0.5, 0.6) is 0 Å². The average molecular weight is 556 g/mol. The summed E-state index contributed by atoms with van der Waals surface area (Å²) in [5.41, 5.74) is 8.02. The second kappa shape index (κ2) is 11.1. The van der Waals surface area contributed by atoms with Crippen LogP contribution in [0.4, 0.5) is 11.6 Å². The maximum atomic E-state index is 10.6. The Bertz CT molecular complexity index is 1450. The van der Waals surface area contributed by atoms with Gasteiger partial charge in [0.05, 0.1) is 24.9 Å². The number of hydrogen-bond acceptors (Lipinski definition) is 14. The van der Waals surface area contributed by atoms with Crippen LogP contribution in [0.1, 0.15) is 32.2 Å². The smallest absolute Gasteiger partial charge is 0.167 e. The highest BCUT2D eigenvalue weighted by molar-refractivity contribution is 5.82. The van der Waals surface area contributed by atoms with Crippen molar-refractivity contribution in [3.63, 3.8) is 0 Å². The molecule has 6 rings (SSSR count). The summed E-state index contributed by atoms with van der Waals surface area (Å²) in [6.07, 6.45) is 3.68. The molecule has 2 aliphatic heterocycles. The largest absolute Gasteiger partial charge is 0.387 e. The normalized spacial score (nSPS) is 28.6. The standard InChI is InChI=1S/C24H33N11O5/c1-3-12-13(38-2)6-15(39-12)34-10-33-17-21(29-9-31-23(17)34)27-5-4-26-7-14-18(36)19(37)24(40-14)35-11-32-16-20(25)28-8-30-22(16)35/h8-15,18-19,24,26,36-37H,3-7H2,1-2H3,(H2,25,28,30)(H,27,29,31). The molecule has 6 N–H and O–H groups in total. The molecule has 7 atom stereocenters. The second-order valence-electron chi connectivity index (χ2n) is 9.85. The van der Waals surface area contributed by atoms with Crippen molar-refractivity contribution in [3.05, 3.63) is 25.3 Å². The quantitative estimate of drug-likeness (QED) is 0.158. The van der Waals surface area contributed by atoms with Gasteiger partial charge < -0.3 is 40.8 Å². The average Bonchev–Trinajstić information content (AvgIpc) is 3.74. The van der Waals surface area contributed by atoms with Gasteiger partial charge in [0.15, 0.2) is 34.7 Å². The number of aliphatic hydroxyl groups excluding tert-OH is 2. The molecule has 16 nitrogen and oxygen atoms in total. The van der Waals surface area contributed by atoms with E-state index in [0.717, 1.165) is 12.8 Å². The SMILES string of the molecule is CCC1OC(n2cnc3c(NCCNCC4OC(n5cnc6c(N)ncnc65)C(O)C4O)ncnc32)CC1OC. The van der Waals surface area contributed by atoms with E-state index in [1.807, 2.05) is 4.57 Å². The van der Waals surface area contributed by atoms with Crippen LogP contribution in [-0.2, 0) is 14.2 Å². The molecule has 0 aromatic carbocycles. The van der Waals surface area contributed by atoms with Gasteiger partial charge in [-0.2, -0.15) is 0 Å². The number of nitrogen functional groups attached to an aromatic ring is 1. The molecular weight excluding hydrogens is 522 g/mol. The molecule has 214 valence electrons. The van der Waals surface area contributed by atoms with Gasteiger partial charge in [-0.05, 0) is 6.42 Å². The monoisotopic (exact) mass is 555 g/mol. The summed E-state index contributed by atoms with van der Waals surface area (Å²) in [5, 5.41) is 27.8. The summed E-state index contributed by atoms with van der Waals surface area (Å²) in [5.74, 6) is 0.840. The molecule has 40 heavy (non-hydrogen) atoms. The Kier molecular flexibility index (Phi) is 7.43. The van der Waals surface area contributed by atoms with Crippen LogP contribution in [0, 0.1) is 0 Å². The fourth-order valence-electron chi connectivity index (χ4n) is 5.37. The number of hydrogen-bond donors (Lipinski definition) is 5. The van der Waals surface area contributed by atoms with Gasteiger partial charge >= 0.3 is 0 Å². The van der Waals surface area contributed by atoms with Crippen LogP contribution >= 0.6 is 0 Å². The molecule has 4 aromatic rings. The Balaban J connectivity index is 1.03. The van der Waals surface area contributed by atoms with Gasteiger partial charge in [0.2, 0.25) is 0 Å². The topological polar surface area (TPSA) is 205 Å². The maximum absolute atomic E-state index is 10.6. The van der Waals surface area contributed by atoms with Gasteiger partial charge in [0.25, 0.3) is 0 Å². The fourth-order valence-corrected chi connectivity index (χ4v) is 5.37. The molecule has 2 fully saturated rings. The number of fused-ring (bicyclic) bond motifs is 2. The second-order valence-corrected chi connectivity index (χ2v) is 9.85. The molecule has 4 aromatic heterocycles. The van der Waals surface area contributed by atoms with E-state index >= 15 is 0 Å². The minimum absolute atomic E-state index is 0.0313. The predicted molar refractivity (Wildman–Crippen MR) is 142 cm³/mol. The third-order valence-electron chi connectivity index (χ3n) is 7.49. The number of nitrogens with two attached hydrogens (primary N) is 1. The number of aromatic nitrogens is 8. The third kappa shape index (κ3) is 4.71. The molecule has 0 aliphatic carbocycles. The van der Waals surface area contributed by atoms with E-state index in [1.165, 1.54) is 19.0 Å². The van der Waals surface area contributed by atoms with E-state index in [-0.39, 0.29) is 24.3 Å². The van der Waals surface area contributed by atoms with Crippen molar-refractivity contribution in [1.82, 2.24) is 44.4 Å². The van der Waals surface area contributed by atoms with Gasteiger partial charge in [0, 0.05) is 33.2 Å². The van der Waals surface area contributed by atoms with E-state index in [0.29, 0.717) is 47.8 Å². The summed E-state index contributed by atoms with van der Waals surface area (Å²) in [7, 11) is 1.71. The van der Waals surface area contributed by atoms with Crippen molar-refractivity contribution in [2.24, 2.45) is 0 Å². The van der Waals surface area contributed by atoms with Crippen molar-refractivity contribution in [3.8, 4) is 0 Å². The van der Waals surface area contributed by atoms with Crippen LogP contribution in [0.3, 0.4) is 0 Å². The summed E-state index contributed by atoms with van der Waals surface area (Å²) in [4.78, 5) is 25.6. The van der Waals surface area contributed by atoms with Gasteiger partial charge in [-0.1, -0.05) is 6.92 Å². The zero-order valence-corrected chi connectivity index (χ0v) is 22.2. The lowest BCUT2D eigenvalue weighted by Gasteiger charge is -2.16. The fraction of sp³-hybridized carbons (Fsp3) is 0.583. The number of imidazole rings is 2. The van der Waals surface area contributed by atoms with E-state index in [1.54, 1.807) is 18.0 Å². The Morgan fingerprint density at radius 1 is 0.950 bits per heavy atom. The first-order chi connectivity index (χ1) is 19.5. The number of aliphatic hydroxyl groups is 2. The maximum Gasteiger partial charge on any atom is 0.167 e. The molecule has 2 saturated heterocycles. The number of nitrogens with zero attached hydrogens (tertiary/aromatic N) is 8. The zero-order valence-electron chi connectivity index (χ0n) is 22.2. The van der Waals surface area contributed by atoms with E-state index < -0.39 is 24.5 Å². The molecule has 7 unspecified atom stereocenters. The molecule has 6 heterocycles. The Morgan fingerprint density at radius 3 is 2.48 bits per heavy atom. The van der Waals surface area contributed by atoms with Crippen LogP contribution in [0.25, 0.3) is 22.3 Å². The van der Waals surface area contributed by atoms with Gasteiger partial charge in [-0.3, -0.25) is 9.13 Å². The molecular formula is C24H33N11O5. The third-order valence-corrected chi connectivity index (χ3v) is 7.49. The van der Waals surface area contributed by atoms with Gasteiger partial charge in [0.1, 0.15) is 42.7 Å². The summed E-state index contributed by atoms with van der Waals surface area (Å²) in [6, 6.07) is 0. The first kappa shape index (κ1) is 26.7. The van der Waals surface area contributed by atoms with Crippen molar-refractivity contribution in [2.45, 2.75) is 62.7 Å². The van der Waals surface area contributed by atoms with Crippen molar-refractivity contribution in [1.29, 1.82) is 0 Å². The highest BCUT2D eigenvalue weighted by Gasteiger charge is 2.44. The Labute approximate surface area is 228 Å². The van der Waals surface area contributed by atoms with E-state index in [9.17, 15) is 10.2 Å². The first-order valence-corrected chi connectivity index (χ1v) is 13.2. The molecule has 16 heteroatoms. The Morgan fingerprint density at radius 2 is 1.70 bits per heavy atom. The number of rotatable bonds is 10. The van der Waals surface area contributed by atoms with Crippen molar-refractivity contribution in [2.75, 3.05) is 37.8 Å². The molecule has 2 aliphatic rings. The molecule has 0 saturated carbocycles. The number of methoxy groups -OCH3 is 1. The number of anilines is 2. The molecule has 0 spiro atoms. The van der Waals surface area contributed by atoms with Gasteiger partial charge in [-0.15, -0.1) is 0 Å². The minimum Gasteiger partial charge on any atom is -0.387 e. The highest BCUT2D eigenvalue weighted by Crippen LogP contribution is 2.34. The minimum atomic E-state index is -1.17. The summed E-state index contributed by atoms with van der Waals surface area (Å²) >= 11 is 0. The van der Waals surface area contributed by atoms with E-state index in [4.69, 9.17) is 19.9 Å². The Hall–Kier alpha value is -3.54. The molecule has 0 radical (unpaired) electrons. The van der Waals surface area contributed by atoms with Crippen molar-refractivity contribution >= 4 is 34.0 Å².